The van der Waals surface area contributed by atoms with Crippen LogP contribution in [0.3, 0.4) is 0 Å². The first-order valence-electron chi connectivity index (χ1n) is 6.87. The standard InChI is InChI=1S/C19H17I/c1-19(20)13-17(15-8-4-2-5-9-15)12-18(14-19)16-10-6-3-7-11-16/h2-13H,14H2,1H3. The first-order valence-corrected chi connectivity index (χ1v) is 7.95. The Balaban J connectivity index is 2.05. The maximum absolute atomic E-state index is 2.56. The van der Waals surface area contributed by atoms with Gasteiger partial charge in [-0.25, -0.2) is 0 Å². The van der Waals surface area contributed by atoms with Crippen LogP contribution in [0.1, 0.15) is 24.5 Å². The van der Waals surface area contributed by atoms with Crippen LogP contribution in [0.2, 0.25) is 0 Å². The minimum absolute atomic E-state index is 0.170. The van der Waals surface area contributed by atoms with Crippen molar-refractivity contribution in [1.29, 1.82) is 0 Å². The van der Waals surface area contributed by atoms with Gasteiger partial charge >= 0.3 is 0 Å². The highest BCUT2D eigenvalue weighted by Crippen LogP contribution is 2.40. The number of allylic oxidation sites excluding steroid dienone is 4. The lowest BCUT2D eigenvalue weighted by Gasteiger charge is -2.27. The summed E-state index contributed by atoms with van der Waals surface area (Å²) in [6.07, 6.45) is 5.80. The van der Waals surface area contributed by atoms with Crippen LogP contribution in [0.4, 0.5) is 0 Å². The van der Waals surface area contributed by atoms with E-state index in [1.54, 1.807) is 0 Å². The Kier molecular flexibility index (Phi) is 3.79. The zero-order valence-electron chi connectivity index (χ0n) is 11.5. The van der Waals surface area contributed by atoms with Crippen LogP contribution < -0.4 is 0 Å². The maximum Gasteiger partial charge on any atom is 0.0422 e. The van der Waals surface area contributed by atoms with Gasteiger partial charge in [0.25, 0.3) is 0 Å². The first-order chi connectivity index (χ1) is 9.64. The van der Waals surface area contributed by atoms with Crippen LogP contribution in [-0.2, 0) is 0 Å². The zero-order valence-corrected chi connectivity index (χ0v) is 13.7. The Bertz CT molecular complexity index is 649. The third-order valence-electron chi connectivity index (χ3n) is 3.57. The molecule has 0 aromatic heterocycles. The van der Waals surface area contributed by atoms with E-state index in [4.69, 9.17) is 0 Å². The van der Waals surface area contributed by atoms with E-state index in [2.05, 4.69) is 102 Å². The maximum atomic E-state index is 2.56. The van der Waals surface area contributed by atoms with E-state index in [0.717, 1.165) is 6.42 Å². The Labute approximate surface area is 134 Å². The Hall–Kier alpha value is -1.35. The van der Waals surface area contributed by atoms with Gasteiger partial charge in [0, 0.05) is 3.42 Å². The third-order valence-corrected chi connectivity index (χ3v) is 4.27. The molecule has 0 bridgehead atoms. The van der Waals surface area contributed by atoms with Crippen molar-refractivity contribution in [3.63, 3.8) is 0 Å². The van der Waals surface area contributed by atoms with Crippen LogP contribution in [-0.4, -0.2) is 3.42 Å². The fraction of sp³-hybridized carbons (Fsp3) is 0.158. The summed E-state index contributed by atoms with van der Waals surface area (Å²) in [7, 11) is 0. The number of benzene rings is 2. The monoisotopic (exact) mass is 372 g/mol. The minimum atomic E-state index is 0.170. The largest absolute Gasteiger partial charge is 0.0742 e. The van der Waals surface area contributed by atoms with E-state index in [1.807, 2.05) is 0 Å². The van der Waals surface area contributed by atoms with Crippen molar-refractivity contribution in [3.05, 3.63) is 83.9 Å². The molecular formula is C19H17I. The highest BCUT2D eigenvalue weighted by Gasteiger charge is 2.24. The second kappa shape index (κ2) is 5.57. The molecule has 2 aromatic rings. The van der Waals surface area contributed by atoms with Crippen LogP contribution in [0.15, 0.2) is 72.8 Å². The van der Waals surface area contributed by atoms with Gasteiger partial charge in [-0.1, -0.05) is 95.4 Å². The topological polar surface area (TPSA) is 0 Å². The molecule has 1 aliphatic carbocycles. The minimum Gasteiger partial charge on any atom is -0.0742 e. The van der Waals surface area contributed by atoms with Crippen molar-refractivity contribution in [3.8, 4) is 0 Å². The van der Waals surface area contributed by atoms with Crippen molar-refractivity contribution in [2.45, 2.75) is 16.8 Å². The third kappa shape index (κ3) is 3.04. The highest BCUT2D eigenvalue weighted by atomic mass is 127. The molecule has 0 nitrogen and oxygen atoms in total. The summed E-state index contributed by atoms with van der Waals surface area (Å²) in [6, 6.07) is 21.3. The van der Waals surface area contributed by atoms with Crippen molar-refractivity contribution in [2.24, 2.45) is 0 Å². The normalized spacial score (nSPS) is 22.1. The Morgan fingerprint density at radius 2 is 1.40 bits per heavy atom. The second-order valence-corrected chi connectivity index (χ2v) is 7.92. The number of alkyl halides is 1. The fourth-order valence-corrected chi connectivity index (χ4v) is 3.41. The van der Waals surface area contributed by atoms with Crippen LogP contribution in [0.5, 0.6) is 0 Å². The van der Waals surface area contributed by atoms with Gasteiger partial charge in [-0.05, 0) is 35.6 Å². The van der Waals surface area contributed by atoms with Crippen LogP contribution in [0, 0.1) is 0 Å². The molecule has 0 saturated heterocycles. The summed E-state index contributed by atoms with van der Waals surface area (Å²) in [6.45, 7) is 2.30. The molecule has 1 atom stereocenters. The van der Waals surface area contributed by atoms with Crippen LogP contribution >= 0.6 is 22.6 Å². The molecule has 0 N–H and O–H groups in total. The molecule has 0 saturated carbocycles. The van der Waals surface area contributed by atoms with Gasteiger partial charge in [0.2, 0.25) is 0 Å². The summed E-state index contributed by atoms with van der Waals surface area (Å²) in [4.78, 5) is 0. The number of halogens is 1. The van der Waals surface area contributed by atoms with Gasteiger partial charge in [0.1, 0.15) is 0 Å². The molecule has 20 heavy (non-hydrogen) atoms. The molecule has 0 radical (unpaired) electrons. The first kappa shape index (κ1) is 13.6. The van der Waals surface area contributed by atoms with Gasteiger partial charge in [0.05, 0.1) is 0 Å². The average molecular weight is 372 g/mol. The lowest BCUT2D eigenvalue weighted by molar-refractivity contribution is 0.852. The Morgan fingerprint density at radius 1 is 0.850 bits per heavy atom. The molecular weight excluding hydrogens is 355 g/mol. The highest BCUT2D eigenvalue weighted by molar-refractivity contribution is 14.1. The van der Waals surface area contributed by atoms with E-state index in [1.165, 1.54) is 22.3 Å². The molecule has 1 aliphatic rings. The Morgan fingerprint density at radius 3 is 2.00 bits per heavy atom. The smallest absolute Gasteiger partial charge is 0.0422 e. The summed E-state index contributed by atoms with van der Waals surface area (Å²) in [5.74, 6) is 0. The molecule has 3 rings (SSSR count). The summed E-state index contributed by atoms with van der Waals surface area (Å²) in [5.41, 5.74) is 5.37. The molecule has 0 amide bonds. The van der Waals surface area contributed by atoms with Crippen molar-refractivity contribution < 1.29 is 0 Å². The van der Waals surface area contributed by atoms with E-state index >= 15 is 0 Å². The van der Waals surface area contributed by atoms with E-state index in [-0.39, 0.29) is 3.42 Å². The molecule has 0 fully saturated rings. The fourth-order valence-electron chi connectivity index (χ4n) is 2.66. The molecule has 2 aromatic carbocycles. The zero-order chi connectivity index (χ0) is 14.0. The van der Waals surface area contributed by atoms with Crippen molar-refractivity contribution in [1.82, 2.24) is 0 Å². The molecule has 100 valence electrons. The molecule has 0 heterocycles. The van der Waals surface area contributed by atoms with Gasteiger partial charge < -0.3 is 0 Å². The second-order valence-electron chi connectivity index (χ2n) is 5.46. The van der Waals surface area contributed by atoms with Gasteiger partial charge in [0.15, 0.2) is 0 Å². The molecule has 1 heteroatoms. The summed E-state index contributed by atoms with van der Waals surface area (Å²) >= 11 is 2.56. The van der Waals surface area contributed by atoms with Gasteiger partial charge in [-0.2, -0.15) is 0 Å². The lowest BCUT2D eigenvalue weighted by atomic mass is 9.85. The summed E-state index contributed by atoms with van der Waals surface area (Å²) in [5, 5.41) is 0. The summed E-state index contributed by atoms with van der Waals surface area (Å²) < 4.78 is 0.170. The lowest BCUT2D eigenvalue weighted by Crippen LogP contribution is -2.16. The van der Waals surface area contributed by atoms with E-state index < -0.39 is 0 Å². The van der Waals surface area contributed by atoms with E-state index in [0.29, 0.717) is 0 Å². The predicted molar refractivity (Wildman–Crippen MR) is 95.9 cm³/mol. The predicted octanol–water partition coefficient (Wildman–Crippen LogP) is 5.75. The van der Waals surface area contributed by atoms with Crippen molar-refractivity contribution >= 4 is 33.7 Å². The van der Waals surface area contributed by atoms with Gasteiger partial charge in [-0.15, -0.1) is 0 Å². The molecule has 0 aliphatic heterocycles. The van der Waals surface area contributed by atoms with Crippen molar-refractivity contribution in [2.75, 3.05) is 0 Å². The van der Waals surface area contributed by atoms with Crippen LogP contribution in [0.25, 0.3) is 11.1 Å². The average Bonchev–Trinajstić information content (AvgIpc) is 2.47. The number of rotatable bonds is 2. The molecule has 1 unspecified atom stereocenters. The SMILES string of the molecule is CC1(I)C=C(c2ccccc2)C=C(c2ccccc2)C1. The quantitative estimate of drug-likeness (QED) is 0.465. The van der Waals surface area contributed by atoms with E-state index in [9.17, 15) is 0 Å². The number of hydrogen-bond donors (Lipinski definition) is 0. The molecule has 0 spiro atoms. The van der Waals surface area contributed by atoms with Gasteiger partial charge in [-0.3, -0.25) is 0 Å². The number of hydrogen-bond acceptors (Lipinski definition) is 0.